The lowest BCUT2D eigenvalue weighted by molar-refractivity contribution is 1.15. The topological polar surface area (TPSA) is 30.7 Å². The Bertz CT molecular complexity index is 3200. The number of rotatable bonds is 5. The molecule has 0 aliphatic heterocycles. The van der Waals surface area contributed by atoms with Gasteiger partial charge in [0.25, 0.3) is 0 Å². The first-order valence-electron chi connectivity index (χ1n) is 18.7. The molecular weight excluding hydrogens is 667 g/mol. The van der Waals surface area contributed by atoms with Crippen molar-refractivity contribution in [2.75, 3.05) is 0 Å². The number of nitrogens with zero attached hydrogens (tertiary/aromatic N) is 3. The summed E-state index contributed by atoms with van der Waals surface area (Å²) in [5.74, 6) is 0.697. The fraction of sp³-hybridized carbons (Fsp3) is 0. The van der Waals surface area contributed by atoms with Crippen LogP contribution in [0.2, 0.25) is 0 Å². The summed E-state index contributed by atoms with van der Waals surface area (Å²) in [5, 5.41) is 10.0. The summed E-state index contributed by atoms with van der Waals surface area (Å²) in [6, 6.07) is 71.5. The highest BCUT2D eigenvalue weighted by Crippen LogP contribution is 2.39. The first kappa shape index (κ1) is 31.2. The number of hydrogen-bond acceptors (Lipinski definition) is 2. The van der Waals surface area contributed by atoms with Gasteiger partial charge in [0.05, 0.1) is 28.1 Å². The van der Waals surface area contributed by atoms with Crippen molar-refractivity contribution < 1.29 is 0 Å². The second-order valence-electron chi connectivity index (χ2n) is 14.2. The van der Waals surface area contributed by atoms with E-state index in [1.807, 2.05) is 18.2 Å². The molecule has 0 aliphatic rings. The third-order valence-corrected chi connectivity index (χ3v) is 11.0. The normalized spacial score (nSPS) is 11.6. The van der Waals surface area contributed by atoms with Gasteiger partial charge in [-0.1, -0.05) is 164 Å². The van der Waals surface area contributed by atoms with E-state index < -0.39 is 0 Å². The maximum atomic E-state index is 5.25. The molecule has 2 aromatic heterocycles. The molecule has 11 aromatic rings. The Morgan fingerprint density at radius 3 is 1.69 bits per heavy atom. The van der Waals surface area contributed by atoms with Crippen LogP contribution in [0.25, 0.3) is 105 Å². The number of fused-ring (bicyclic) bond motifs is 7. The molecule has 2 heterocycles. The minimum absolute atomic E-state index is 0.697. The molecule has 0 N–H and O–H groups in total. The number of aromatic nitrogens is 3. The second-order valence-corrected chi connectivity index (χ2v) is 14.2. The van der Waals surface area contributed by atoms with Crippen molar-refractivity contribution in [1.82, 2.24) is 14.5 Å². The van der Waals surface area contributed by atoms with E-state index in [0.29, 0.717) is 5.82 Å². The van der Waals surface area contributed by atoms with Crippen LogP contribution in [0.1, 0.15) is 0 Å². The van der Waals surface area contributed by atoms with Crippen LogP contribution in [0.4, 0.5) is 0 Å². The molecule has 55 heavy (non-hydrogen) atoms. The third kappa shape index (κ3) is 5.20. The van der Waals surface area contributed by atoms with Crippen molar-refractivity contribution >= 4 is 54.1 Å². The Morgan fingerprint density at radius 1 is 0.309 bits per heavy atom. The largest absolute Gasteiger partial charge is 0.309 e. The van der Waals surface area contributed by atoms with E-state index in [1.165, 1.54) is 65.3 Å². The van der Waals surface area contributed by atoms with Crippen LogP contribution < -0.4 is 0 Å². The fourth-order valence-electron chi connectivity index (χ4n) is 8.37. The highest BCUT2D eigenvalue weighted by atomic mass is 15.0. The first-order chi connectivity index (χ1) is 27.3. The second kappa shape index (κ2) is 12.6. The summed E-state index contributed by atoms with van der Waals surface area (Å²) in [6.45, 7) is 0. The van der Waals surface area contributed by atoms with Gasteiger partial charge in [-0.25, -0.2) is 9.97 Å². The minimum atomic E-state index is 0.697. The molecular formula is C52H33N3. The van der Waals surface area contributed by atoms with Crippen LogP contribution >= 0.6 is 0 Å². The molecule has 0 radical (unpaired) electrons. The molecule has 256 valence electrons. The fourth-order valence-corrected chi connectivity index (χ4v) is 8.37. The van der Waals surface area contributed by atoms with Gasteiger partial charge in [-0.15, -0.1) is 0 Å². The van der Waals surface area contributed by atoms with E-state index in [2.05, 4.69) is 187 Å². The highest BCUT2D eigenvalue weighted by molar-refractivity contribution is 6.15. The van der Waals surface area contributed by atoms with E-state index in [-0.39, 0.29) is 0 Å². The Labute approximate surface area is 318 Å². The molecule has 11 rings (SSSR count). The standard InChI is InChI=1S/C52H33N3/c1-2-13-36(14-3-1)52-53-47(33-48(54-52)45-19-8-11-24-51(45)55-49-22-9-6-17-43(49)44-18-7-10-23-50(44)55)35-27-25-34(26-28-35)40-20-12-21-41-42(40)30-29-39-31-37-15-4-5-16-38(37)32-46(39)41/h1-33H. The van der Waals surface area contributed by atoms with Crippen LogP contribution in [0.15, 0.2) is 200 Å². The van der Waals surface area contributed by atoms with E-state index in [9.17, 15) is 0 Å². The average molecular weight is 700 g/mol. The van der Waals surface area contributed by atoms with Gasteiger partial charge in [0.15, 0.2) is 5.82 Å². The molecule has 0 saturated heterocycles. The number of hydrogen-bond donors (Lipinski definition) is 0. The van der Waals surface area contributed by atoms with Gasteiger partial charge in [-0.3, -0.25) is 0 Å². The van der Waals surface area contributed by atoms with Crippen LogP contribution in [0.5, 0.6) is 0 Å². The maximum absolute atomic E-state index is 5.25. The molecule has 3 nitrogen and oxygen atoms in total. The molecule has 9 aromatic carbocycles. The lowest BCUT2D eigenvalue weighted by Crippen LogP contribution is -2.00. The maximum Gasteiger partial charge on any atom is 0.160 e. The zero-order chi connectivity index (χ0) is 36.3. The lowest BCUT2D eigenvalue weighted by atomic mass is 9.93. The summed E-state index contributed by atoms with van der Waals surface area (Å²) >= 11 is 0. The Hall–Kier alpha value is -7.36. The van der Waals surface area contributed by atoms with E-state index >= 15 is 0 Å². The summed E-state index contributed by atoms with van der Waals surface area (Å²) < 4.78 is 2.37. The van der Waals surface area contributed by atoms with Crippen molar-refractivity contribution in [3.8, 4) is 50.7 Å². The molecule has 0 fully saturated rings. The van der Waals surface area contributed by atoms with Crippen molar-refractivity contribution in [1.29, 1.82) is 0 Å². The van der Waals surface area contributed by atoms with E-state index in [1.54, 1.807) is 0 Å². The van der Waals surface area contributed by atoms with Crippen LogP contribution in [-0.2, 0) is 0 Å². The average Bonchev–Trinajstić information content (AvgIpc) is 3.60. The predicted octanol–water partition coefficient (Wildman–Crippen LogP) is 13.7. The molecule has 0 spiro atoms. The molecule has 0 aliphatic carbocycles. The SMILES string of the molecule is c1ccc(-c2nc(-c3ccc(-c4cccc5c4ccc4cc6ccccc6cc45)cc3)cc(-c3ccccc3-n3c4ccccc4c4ccccc43)n2)cc1. The predicted molar refractivity (Wildman–Crippen MR) is 231 cm³/mol. The van der Waals surface area contributed by atoms with Crippen molar-refractivity contribution in [3.05, 3.63) is 200 Å². The van der Waals surface area contributed by atoms with Gasteiger partial charge in [0.1, 0.15) is 0 Å². The molecule has 0 saturated carbocycles. The monoisotopic (exact) mass is 699 g/mol. The molecule has 0 unspecified atom stereocenters. The van der Waals surface area contributed by atoms with Crippen LogP contribution in [0, 0.1) is 0 Å². The molecule has 0 atom stereocenters. The minimum Gasteiger partial charge on any atom is -0.309 e. The van der Waals surface area contributed by atoms with Gasteiger partial charge in [-0.2, -0.15) is 0 Å². The zero-order valence-corrected chi connectivity index (χ0v) is 29.9. The quantitative estimate of drug-likeness (QED) is 0.132. The van der Waals surface area contributed by atoms with Gasteiger partial charge in [-0.05, 0) is 79.8 Å². The van der Waals surface area contributed by atoms with E-state index in [4.69, 9.17) is 9.97 Å². The summed E-state index contributed by atoms with van der Waals surface area (Å²) in [4.78, 5) is 10.4. The zero-order valence-electron chi connectivity index (χ0n) is 29.9. The number of para-hydroxylation sites is 3. The van der Waals surface area contributed by atoms with Gasteiger partial charge < -0.3 is 4.57 Å². The van der Waals surface area contributed by atoms with Gasteiger partial charge >= 0.3 is 0 Å². The summed E-state index contributed by atoms with van der Waals surface area (Å²) in [6.07, 6.45) is 0. The van der Waals surface area contributed by atoms with Crippen molar-refractivity contribution in [2.45, 2.75) is 0 Å². The Morgan fingerprint density at radius 2 is 0.909 bits per heavy atom. The lowest BCUT2D eigenvalue weighted by Gasteiger charge is -2.15. The van der Waals surface area contributed by atoms with Crippen molar-refractivity contribution in [3.63, 3.8) is 0 Å². The van der Waals surface area contributed by atoms with E-state index in [0.717, 1.165) is 33.8 Å². The van der Waals surface area contributed by atoms with Gasteiger partial charge in [0.2, 0.25) is 0 Å². The summed E-state index contributed by atoms with van der Waals surface area (Å²) in [7, 11) is 0. The first-order valence-corrected chi connectivity index (χ1v) is 18.7. The van der Waals surface area contributed by atoms with Crippen molar-refractivity contribution in [2.24, 2.45) is 0 Å². The smallest absolute Gasteiger partial charge is 0.160 e. The Kier molecular flexibility index (Phi) is 7.17. The molecule has 3 heteroatoms. The molecule has 0 amide bonds. The Balaban J connectivity index is 1.05. The third-order valence-electron chi connectivity index (χ3n) is 11.0. The highest BCUT2D eigenvalue weighted by Gasteiger charge is 2.18. The van der Waals surface area contributed by atoms with Crippen LogP contribution in [0.3, 0.4) is 0 Å². The number of benzene rings is 9. The van der Waals surface area contributed by atoms with Crippen LogP contribution in [-0.4, -0.2) is 14.5 Å². The molecule has 0 bridgehead atoms. The summed E-state index contributed by atoms with van der Waals surface area (Å²) in [5.41, 5.74) is 10.6. The van der Waals surface area contributed by atoms with Gasteiger partial charge in [0, 0.05) is 27.5 Å².